The molecule has 4 nitrogen and oxygen atoms in total. The summed E-state index contributed by atoms with van der Waals surface area (Å²) in [6, 6.07) is 9.04. The van der Waals surface area contributed by atoms with Crippen LogP contribution < -0.4 is 20.9 Å². The molecule has 0 unspecified atom stereocenters. The second kappa shape index (κ2) is 8.54. The average Bonchev–Trinajstić information content (AvgIpc) is 2.62. The predicted octanol–water partition coefficient (Wildman–Crippen LogP) is 8.36. The highest BCUT2D eigenvalue weighted by atomic mass is 35.5. The summed E-state index contributed by atoms with van der Waals surface area (Å²) in [5, 5.41) is 1.30. The van der Waals surface area contributed by atoms with Gasteiger partial charge in [0.15, 0.2) is 5.75 Å². The molecule has 0 heterocycles. The lowest BCUT2D eigenvalue weighted by atomic mass is 10.2. The van der Waals surface area contributed by atoms with E-state index < -0.39 is 0 Å². The molecule has 3 aromatic carbocycles. The Morgan fingerprint density at radius 2 is 1.07 bits per heavy atom. The molecule has 0 atom stereocenters. The summed E-state index contributed by atoms with van der Waals surface area (Å²) in [5.74, 6) is 0.691. The van der Waals surface area contributed by atoms with Crippen LogP contribution in [0.1, 0.15) is 0 Å². The zero-order valence-corrected chi connectivity index (χ0v) is 18.2. The van der Waals surface area contributed by atoms with E-state index in [-0.39, 0.29) is 54.5 Å². The Balaban J connectivity index is 2.02. The van der Waals surface area contributed by atoms with E-state index in [9.17, 15) is 0 Å². The van der Waals surface area contributed by atoms with Crippen LogP contribution in [-0.2, 0) is 0 Å². The molecule has 0 aromatic heterocycles. The zero-order chi connectivity index (χ0) is 20.6. The van der Waals surface area contributed by atoms with Gasteiger partial charge in [0.2, 0.25) is 0 Å². The summed E-state index contributed by atoms with van der Waals surface area (Å²) in [5.41, 5.74) is 12.1. The maximum absolute atomic E-state index is 6.43. The molecule has 0 aliphatic rings. The predicted molar refractivity (Wildman–Crippen MR) is 118 cm³/mol. The second-order valence-electron chi connectivity index (χ2n) is 5.51. The minimum Gasteiger partial charge on any atom is -0.454 e. The van der Waals surface area contributed by atoms with Crippen molar-refractivity contribution in [2.24, 2.45) is 0 Å². The fourth-order valence-corrected chi connectivity index (χ4v) is 3.45. The van der Waals surface area contributed by atoms with Crippen LogP contribution in [0.25, 0.3) is 0 Å². The topological polar surface area (TPSA) is 70.5 Å². The van der Waals surface area contributed by atoms with Gasteiger partial charge in [-0.3, -0.25) is 0 Å². The minimum absolute atomic E-state index is 0.0664. The summed E-state index contributed by atoms with van der Waals surface area (Å²) in [4.78, 5) is 0. The third-order valence-electron chi connectivity index (χ3n) is 3.51. The monoisotopic (exact) mass is 496 g/mol. The van der Waals surface area contributed by atoms with E-state index in [1.165, 1.54) is 30.3 Å². The minimum atomic E-state index is 0.0664. The molecule has 4 N–H and O–H groups in total. The number of rotatable bonds is 4. The standard InChI is InChI=1S/C18H10Cl6N2O2/c19-7-3-10(25)15(22)13(5-7)27-12-2-1-9(21)18(17(12)24)28-14-6-8(20)4-11(26)16(14)23/h1-6H,25-26H2. The SMILES string of the molecule is Nc1cc(Cl)cc(Oc2ccc(Cl)c(Oc3cc(Cl)cc(N)c3Cl)c2Cl)c1Cl. The molecule has 0 aliphatic heterocycles. The van der Waals surface area contributed by atoms with Crippen molar-refractivity contribution in [3.8, 4) is 23.0 Å². The maximum Gasteiger partial charge on any atom is 0.168 e. The lowest BCUT2D eigenvalue weighted by Crippen LogP contribution is -1.95. The molecule has 0 saturated carbocycles. The molecule has 146 valence electrons. The molecule has 28 heavy (non-hydrogen) atoms. The van der Waals surface area contributed by atoms with Crippen molar-refractivity contribution in [2.75, 3.05) is 11.5 Å². The van der Waals surface area contributed by atoms with Crippen LogP contribution in [0.5, 0.6) is 23.0 Å². The Morgan fingerprint density at radius 3 is 1.61 bits per heavy atom. The van der Waals surface area contributed by atoms with Crippen molar-refractivity contribution in [1.29, 1.82) is 0 Å². The van der Waals surface area contributed by atoms with Crippen LogP contribution in [0.4, 0.5) is 11.4 Å². The molecule has 0 bridgehead atoms. The normalized spacial score (nSPS) is 10.8. The fraction of sp³-hybridized carbons (Fsp3) is 0. The number of halogens is 6. The van der Waals surface area contributed by atoms with Crippen molar-refractivity contribution in [3.63, 3.8) is 0 Å². The van der Waals surface area contributed by atoms with Gasteiger partial charge in [-0.15, -0.1) is 0 Å². The van der Waals surface area contributed by atoms with E-state index in [1.807, 2.05) is 0 Å². The lowest BCUT2D eigenvalue weighted by Gasteiger charge is -2.16. The van der Waals surface area contributed by atoms with E-state index in [2.05, 4.69) is 0 Å². The highest BCUT2D eigenvalue weighted by molar-refractivity contribution is 6.39. The van der Waals surface area contributed by atoms with Crippen molar-refractivity contribution in [2.45, 2.75) is 0 Å². The van der Waals surface area contributed by atoms with Gasteiger partial charge in [0, 0.05) is 22.2 Å². The zero-order valence-electron chi connectivity index (χ0n) is 13.7. The van der Waals surface area contributed by atoms with Crippen molar-refractivity contribution >= 4 is 81.0 Å². The van der Waals surface area contributed by atoms with Gasteiger partial charge < -0.3 is 20.9 Å². The number of nitrogens with two attached hydrogens (primary N) is 2. The third-order valence-corrected chi connectivity index (χ3v) is 5.41. The number of ether oxygens (including phenoxy) is 2. The van der Waals surface area contributed by atoms with Crippen LogP contribution in [0, 0.1) is 0 Å². The van der Waals surface area contributed by atoms with Gasteiger partial charge in [-0.2, -0.15) is 0 Å². The fourth-order valence-electron chi connectivity index (χ4n) is 2.23. The van der Waals surface area contributed by atoms with Gasteiger partial charge in [0.05, 0.1) is 16.4 Å². The summed E-state index contributed by atoms with van der Waals surface area (Å²) in [6.45, 7) is 0. The maximum atomic E-state index is 6.43. The molecule has 0 radical (unpaired) electrons. The highest BCUT2D eigenvalue weighted by Gasteiger charge is 2.19. The molecule has 0 aliphatic carbocycles. The van der Waals surface area contributed by atoms with E-state index in [4.69, 9.17) is 90.5 Å². The Kier molecular flexibility index (Phi) is 6.50. The van der Waals surface area contributed by atoms with Crippen LogP contribution in [0.3, 0.4) is 0 Å². The van der Waals surface area contributed by atoms with Gasteiger partial charge in [0.1, 0.15) is 32.3 Å². The average molecular weight is 499 g/mol. The summed E-state index contributed by atoms with van der Waals surface area (Å²) in [6.07, 6.45) is 0. The van der Waals surface area contributed by atoms with Gasteiger partial charge in [-0.05, 0) is 24.3 Å². The van der Waals surface area contributed by atoms with Gasteiger partial charge in [-0.1, -0.05) is 69.6 Å². The summed E-state index contributed by atoms with van der Waals surface area (Å²) >= 11 is 37.0. The van der Waals surface area contributed by atoms with Crippen LogP contribution in [0.2, 0.25) is 30.1 Å². The van der Waals surface area contributed by atoms with Crippen molar-refractivity contribution in [3.05, 3.63) is 66.5 Å². The molecular formula is C18H10Cl6N2O2. The first-order valence-corrected chi connectivity index (χ1v) is 9.77. The number of anilines is 2. The molecule has 0 spiro atoms. The molecule has 0 saturated heterocycles. The van der Waals surface area contributed by atoms with Crippen LogP contribution in [-0.4, -0.2) is 0 Å². The quantitative estimate of drug-likeness (QED) is 0.354. The Hall–Kier alpha value is -1.40. The molecule has 0 fully saturated rings. The molecule has 3 rings (SSSR count). The molecular weight excluding hydrogens is 489 g/mol. The number of hydrogen-bond donors (Lipinski definition) is 2. The van der Waals surface area contributed by atoms with E-state index >= 15 is 0 Å². The Morgan fingerprint density at radius 1 is 0.571 bits per heavy atom. The second-order valence-corrected chi connectivity index (χ2v) is 7.92. The smallest absolute Gasteiger partial charge is 0.168 e. The highest BCUT2D eigenvalue weighted by Crippen LogP contribution is 2.47. The number of nitrogen functional groups attached to an aromatic ring is 2. The Labute approximate surface area is 190 Å². The molecule has 0 amide bonds. The van der Waals surface area contributed by atoms with E-state index in [1.54, 1.807) is 6.07 Å². The summed E-state index contributed by atoms with van der Waals surface area (Å²) < 4.78 is 11.5. The van der Waals surface area contributed by atoms with Gasteiger partial charge in [0.25, 0.3) is 0 Å². The van der Waals surface area contributed by atoms with E-state index in [0.29, 0.717) is 10.0 Å². The first kappa shape index (κ1) is 21.3. The van der Waals surface area contributed by atoms with Gasteiger partial charge >= 0.3 is 0 Å². The summed E-state index contributed by atoms with van der Waals surface area (Å²) in [7, 11) is 0. The number of benzene rings is 3. The van der Waals surface area contributed by atoms with Crippen molar-refractivity contribution < 1.29 is 9.47 Å². The molecule has 3 aromatic rings. The third kappa shape index (κ3) is 4.43. The van der Waals surface area contributed by atoms with E-state index in [0.717, 1.165) is 0 Å². The molecule has 10 heteroatoms. The lowest BCUT2D eigenvalue weighted by molar-refractivity contribution is 0.461. The first-order valence-electron chi connectivity index (χ1n) is 7.50. The largest absolute Gasteiger partial charge is 0.454 e. The number of hydrogen-bond acceptors (Lipinski definition) is 4. The van der Waals surface area contributed by atoms with Crippen LogP contribution >= 0.6 is 69.6 Å². The Bertz CT molecular complexity index is 1070. The first-order chi connectivity index (χ1) is 13.2. The van der Waals surface area contributed by atoms with Crippen LogP contribution in [0.15, 0.2) is 36.4 Å². The van der Waals surface area contributed by atoms with Gasteiger partial charge in [-0.25, -0.2) is 0 Å². The van der Waals surface area contributed by atoms with Crippen molar-refractivity contribution in [1.82, 2.24) is 0 Å².